The molecule has 2 aromatic rings. The van der Waals surface area contributed by atoms with E-state index in [-0.39, 0.29) is 5.91 Å². The highest BCUT2D eigenvalue weighted by molar-refractivity contribution is 5.88. The predicted octanol–water partition coefficient (Wildman–Crippen LogP) is 1.41. The van der Waals surface area contributed by atoms with Crippen LogP contribution in [-0.2, 0) is 4.79 Å². The van der Waals surface area contributed by atoms with Crippen LogP contribution in [0.15, 0.2) is 36.5 Å². The van der Waals surface area contributed by atoms with E-state index in [1.54, 1.807) is 6.20 Å². The number of fused-ring (bicyclic) bond motifs is 1. The molecule has 6 heteroatoms. The van der Waals surface area contributed by atoms with Crippen LogP contribution in [-0.4, -0.2) is 61.7 Å². The van der Waals surface area contributed by atoms with Crippen molar-refractivity contribution in [3.63, 3.8) is 0 Å². The molecule has 1 aromatic heterocycles. The van der Waals surface area contributed by atoms with Gasteiger partial charge >= 0.3 is 0 Å². The van der Waals surface area contributed by atoms with Crippen molar-refractivity contribution in [2.45, 2.75) is 18.4 Å². The number of piperidine rings is 1. The topological polar surface area (TPSA) is 66.5 Å². The van der Waals surface area contributed by atoms with E-state index < -0.39 is 5.60 Å². The highest BCUT2D eigenvalue weighted by Crippen LogP contribution is 2.31. The Balaban J connectivity index is 1.84. The number of hydrogen-bond acceptors (Lipinski definition) is 5. The zero-order valence-electron chi connectivity index (χ0n) is 14.9. The zero-order chi connectivity index (χ0) is 17.7. The number of pyridine rings is 1. The molecular weight excluding hydrogens is 316 g/mol. The van der Waals surface area contributed by atoms with Crippen molar-refractivity contribution in [1.82, 2.24) is 20.5 Å². The van der Waals surface area contributed by atoms with Crippen LogP contribution in [0.25, 0.3) is 10.9 Å². The van der Waals surface area contributed by atoms with Gasteiger partial charge in [0, 0.05) is 37.5 Å². The van der Waals surface area contributed by atoms with Crippen molar-refractivity contribution in [1.29, 1.82) is 0 Å². The molecule has 25 heavy (non-hydrogen) atoms. The summed E-state index contributed by atoms with van der Waals surface area (Å²) in [6.45, 7) is 2.95. The fraction of sp³-hybridized carbons (Fsp3) is 0.474. The van der Waals surface area contributed by atoms with Gasteiger partial charge in [-0.15, -0.1) is 0 Å². The summed E-state index contributed by atoms with van der Waals surface area (Å²) in [6.07, 6.45) is 3.06. The standard InChI is InChI=1S/C19H26N4O2/c1-23(2)14-13-22-18(24)19(8-11-20-12-9-19)25-17-7-3-6-16-15(17)5-4-10-21-16/h3-7,10,20H,8-9,11-14H2,1-2H3,(H,22,24). The van der Waals surface area contributed by atoms with Gasteiger partial charge in [-0.1, -0.05) is 6.07 Å². The molecule has 2 N–H and O–H groups in total. The maximum absolute atomic E-state index is 12.9. The number of benzene rings is 1. The first-order chi connectivity index (χ1) is 12.1. The molecule has 0 bridgehead atoms. The summed E-state index contributed by atoms with van der Waals surface area (Å²) in [4.78, 5) is 19.4. The highest BCUT2D eigenvalue weighted by atomic mass is 16.5. The lowest BCUT2D eigenvalue weighted by Gasteiger charge is -2.37. The van der Waals surface area contributed by atoms with Crippen LogP contribution in [0.4, 0.5) is 0 Å². The number of aromatic nitrogens is 1. The number of ether oxygens (including phenoxy) is 1. The van der Waals surface area contributed by atoms with Crippen molar-refractivity contribution in [2.24, 2.45) is 0 Å². The van der Waals surface area contributed by atoms with Crippen molar-refractivity contribution < 1.29 is 9.53 Å². The van der Waals surface area contributed by atoms with E-state index in [0.717, 1.165) is 36.3 Å². The first-order valence-electron chi connectivity index (χ1n) is 8.77. The van der Waals surface area contributed by atoms with E-state index in [9.17, 15) is 4.79 Å². The lowest BCUT2D eigenvalue weighted by molar-refractivity contribution is -0.139. The van der Waals surface area contributed by atoms with E-state index in [1.165, 1.54) is 0 Å². The third-order valence-corrected chi connectivity index (χ3v) is 4.58. The van der Waals surface area contributed by atoms with Crippen LogP contribution >= 0.6 is 0 Å². The maximum Gasteiger partial charge on any atom is 0.264 e. The lowest BCUT2D eigenvalue weighted by atomic mass is 9.90. The second kappa shape index (κ2) is 7.80. The molecule has 0 atom stereocenters. The number of rotatable bonds is 6. The number of carbonyl (C=O) groups is 1. The second-order valence-electron chi connectivity index (χ2n) is 6.73. The van der Waals surface area contributed by atoms with Crippen LogP contribution in [0.2, 0.25) is 0 Å². The SMILES string of the molecule is CN(C)CCNC(=O)C1(Oc2cccc3ncccc23)CCNCC1. The molecule has 1 fully saturated rings. The minimum absolute atomic E-state index is 0.0308. The summed E-state index contributed by atoms with van der Waals surface area (Å²) in [5, 5.41) is 7.29. The Kier molecular flexibility index (Phi) is 5.50. The average molecular weight is 342 g/mol. The highest BCUT2D eigenvalue weighted by Gasteiger charge is 2.42. The van der Waals surface area contributed by atoms with Gasteiger partial charge in [-0.05, 0) is 51.5 Å². The largest absolute Gasteiger partial charge is 0.477 e. The lowest BCUT2D eigenvalue weighted by Crippen LogP contribution is -2.57. The van der Waals surface area contributed by atoms with Crippen molar-refractivity contribution in [2.75, 3.05) is 40.3 Å². The molecule has 1 amide bonds. The molecule has 1 aliphatic heterocycles. The molecule has 2 heterocycles. The summed E-state index contributed by atoms with van der Waals surface area (Å²) in [5.41, 5.74) is 0.0407. The van der Waals surface area contributed by atoms with Gasteiger partial charge < -0.3 is 20.3 Å². The second-order valence-corrected chi connectivity index (χ2v) is 6.73. The monoisotopic (exact) mass is 342 g/mol. The first-order valence-corrected chi connectivity index (χ1v) is 8.77. The Morgan fingerprint density at radius 1 is 1.28 bits per heavy atom. The Morgan fingerprint density at radius 2 is 2.08 bits per heavy atom. The van der Waals surface area contributed by atoms with Gasteiger partial charge in [-0.2, -0.15) is 0 Å². The van der Waals surface area contributed by atoms with E-state index in [1.807, 2.05) is 49.3 Å². The van der Waals surface area contributed by atoms with Gasteiger partial charge in [-0.3, -0.25) is 9.78 Å². The number of carbonyl (C=O) groups excluding carboxylic acids is 1. The van der Waals surface area contributed by atoms with Gasteiger partial charge in [-0.25, -0.2) is 0 Å². The molecule has 6 nitrogen and oxygen atoms in total. The van der Waals surface area contributed by atoms with Gasteiger partial charge in [0.2, 0.25) is 0 Å². The molecule has 3 rings (SSSR count). The third-order valence-electron chi connectivity index (χ3n) is 4.58. The summed E-state index contributed by atoms with van der Waals surface area (Å²) in [6, 6.07) is 9.66. The number of likely N-dealkylation sites (N-methyl/N-ethyl adjacent to an activating group) is 1. The Hall–Kier alpha value is -2.18. The van der Waals surface area contributed by atoms with Gasteiger partial charge in [0.1, 0.15) is 5.75 Å². The van der Waals surface area contributed by atoms with Crippen molar-refractivity contribution in [3.8, 4) is 5.75 Å². The zero-order valence-corrected chi connectivity index (χ0v) is 14.9. The number of hydrogen-bond donors (Lipinski definition) is 2. The molecule has 1 aromatic carbocycles. The normalized spacial score (nSPS) is 16.8. The number of amides is 1. The minimum Gasteiger partial charge on any atom is -0.477 e. The summed E-state index contributed by atoms with van der Waals surface area (Å²) < 4.78 is 6.37. The van der Waals surface area contributed by atoms with Crippen LogP contribution < -0.4 is 15.4 Å². The van der Waals surface area contributed by atoms with E-state index in [4.69, 9.17) is 4.74 Å². The quantitative estimate of drug-likeness (QED) is 0.831. The molecule has 134 valence electrons. The van der Waals surface area contributed by atoms with Crippen molar-refractivity contribution >= 4 is 16.8 Å². The molecule has 0 radical (unpaired) electrons. The molecule has 0 saturated carbocycles. The van der Waals surface area contributed by atoms with Crippen LogP contribution in [0, 0.1) is 0 Å². The Bertz CT molecular complexity index is 721. The van der Waals surface area contributed by atoms with E-state index in [2.05, 4.69) is 15.6 Å². The van der Waals surface area contributed by atoms with Gasteiger partial charge in [0.05, 0.1) is 5.52 Å². The van der Waals surface area contributed by atoms with Crippen molar-refractivity contribution in [3.05, 3.63) is 36.5 Å². The molecule has 0 aliphatic carbocycles. The summed E-state index contributed by atoms with van der Waals surface area (Å²) >= 11 is 0. The average Bonchev–Trinajstić information content (AvgIpc) is 2.62. The van der Waals surface area contributed by atoms with Gasteiger partial charge in [0.15, 0.2) is 5.60 Å². The fourth-order valence-corrected chi connectivity index (χ4v) is 3.13. The smallest absolute Gasteiger partial charge is 0.264 e. The molecule has 0 spiro atoms. The summed E-state index contributed by atoms with van der Waals surface area (Å²) in [5.74, 6) is 0.687. The maximum atomic E-state index is 12.9. The molecule has 0 unspecified atom stereocenters. The van der Waals surface area contributed by atoms with E-state index in [0.29, 0.717) is 19.4 Å². The predicted molar refractivity (Wildman–Crippen MR) is 98.8 cm³/mol. The third kappa shape index (κ3) is 4.08. The Labute approximate surface area is 148 Å². The van der Waals surface area contributed by atoms with Crippen LogP contribution in [0.3, 0.4) is 0 Å². The van der Waals surface area contributed by atoms with Gasteiger partial charge in [0.25, 0.3) is 5.91 Å². The first kappa shape index (κ1) is 17.6. The number of nitrogens with zero attached hydrogens (tertiary/aromatic N) is 2. The Morgan fingerprint density at radius 3 is 2.84 bits per heavy atom. The fourth-order valence-electron chi connectivity index (χ4n) is 3.13. The number of nitrogens with one attached hydrogen (secondary N) is 2. The van der Waals surface area contributed by atoms with E-state index >= 15 is 0 Å². The molecule has 1 saturated heterocycles. The van der Waals surface area contributed by atoms with Crippen LogP contribution in [0.5, 0.6) is 5.75 Å². The summed E-state index contributed by atoms with van der Waals surface area (Å²) in [7, 11) is 3.98. The minimum atomic E-state index is -0.832. The molecule has 1 aliphatic rings. The molecular formula is C19H26N4O2. The van der Waals surface area contributed by atoms with Crippen LogP contribution in [0.1, 0.15) is 12.8 Å².